The average Bonchev–Trinajstić information content (AvgIpc) is 3.40. The van der Waals surface area contributed by atoms with Crippen molar-refractivity contribution in [3.63, 3.8) is 0 Å². The number of nitrogens with zero attached hydrogens (tertiary/aromatic N) is 6. The molecule has 3 atom stereocenters. The number of anilines is 1. The van der Waals surface area contributed by atoms with Crippen molar-refractivity contribution in [2.75, 3.05) is 18.0 Å². The summed E-state index contributed by atoms with van der Waals surface area (Å²) in [4.78, 5) is 21.7. The fraction of sp³-hybridized carbons (Fsp3) is 0.536. The van der Waals surface area contributed by atoms with Crippen LogP contribution in [0.5, 0.6) is 11.5 Å². The Morgan fingerprint density at radius 1 is 1.18 bits per heavy atom. The van der Waals surface area contributed by atoms with Crippen molar-refractivity contribution in [2.45, 2.75) is 78.4 Å². The van der Waals surface area contributed by atoms with Gasteiger partial charge in [-0.25, -0.2) is 9.37 Å². The molecule has 1 unspecified atom stereocenters. The van der Waals surface area contributed by atoms with E-state index in [-0.39, 0.29) is 36.0 Å². The van der Waals surface area contributed by atoms with Gasteiger partial charge >= 0.3 is 0 Å². The van der Waals surface area contributed by atoms with E-state index in [0.717, 1.165) is 0 Å². The lowest BCUT2D eigenvalue weighted by molar-refractivity contribution is -0.0445. The third-order valence-corrected chi connectivity index (χ3v) is 7.88. The largest absolute Gasteiger partial charge is 0.449 e. The molecule has 1 fully saturated rings. The Labute approximate surface area is 226 Å². The molecular formula is C28H34F2N6O3. The number of ether oxygens (including phenoxy) is 2. The van der Waals surface area contributed by atoms with Gasteiger partial charge in [-0.1, -0.05) is 6.07 Å². The van der Waals surface area contributed by atoms with Crippen LogP contribution >= 0.6 is 0 Å². The summed E-state index contributed by atoms with van der Waals surface area (Å²) >= 11 is 0. The number of piperazine rings is 1. The van der Waals surface area contributed by atoms with Crippen LogP contribution in [0.3, 0.4) is 0 Å². The summed E-state index contributed by atoms with van der Waals surface area (Å²) in [6.45, 7) is 12.7. The predicted octanol–water partition coefficient (Wildman–Crippen LogP) is 4.27. The minimum absolute atomic E-state index is 0.0489. The second-order valence-corrected chi connectivity index (χ2v) is 10.9. The maximum atomic E-state index is 15.7. The van der Waals surface area contributed by atoms with E-state index in [4.69, 9.17) is 9.47 Å². The summed E-state index contributed by atoms with van der Waals surface area (Å²) in [6.07, 6.45) is 0.0489. The number of halogens is 2. The molecule has 1 aromatic carbocycles. The zero-order chi connectivity index (χ0) is 28.4. The van der Waals surface area contributed by atoms with Gasteiger partial charge in [0.25, 0.3) is 5.56 Å². The van der Waals surface area contributed by atoms with Crippen molar-refractivity contribution in [1.82, 2.24) is 19.0 Å². The number of aryl methyl sites for hydroxylation is 2. The molecule has 5 rings (SSSR count). The van der Waals surface area contributed by atoms with Crippen molar-refractivity contribution in [2.24, 2.45) is 7.05 Å². The van der Waals surface area contributed by atoms with E-state index in [9.17, 15) is 10.1 Å². The van der Waals surface area contributed by atoms with Gasteiger partial charge in [0.05, 0.1) is 12.5 Å². The van der Waals surface area contributed by atoms with Gasteiger partial charge < -0.3 is 18.9 Å². The van der Waals surface area contributed by atoms with Gasteiger partial charge in [-0.05, 0) is 33.8 Å². The first kappa shape index (κ1) is 26.9. The second-order valence-electron chi connectivity index (χ2n) is 10.9. The maximum absolute atomic E-state index is 15.7. The van der Waals surface area contributed by atoms with Crippen LogP contribution in [-0.2, 0) is 20.0 Å². The highest BCUT2D eigenvalue weighted by atomic mass is 19.1. The van der Waals surface area contributed by atoms with E-state index >= 15 is 8.78 Å². The summed E-state index contributed by atoms with van der Waals surface area (Å²) in [5.74, 6) is -1.24. The van der Waals surface area contributed by atoms with Crippen LogP contribution in [-0.4, -0.2) is 50.0 Å². The Morgan fingerprint density at radius 2 is 1.90 bits per heavy atom. The first-order valence-corrected chi connectivity index (χ1v) is 13.3. The molecule has 0 saturated carbocycles. The number of nitriles is 1. The van der Waals surface area contributed by atoms with E-state index in [0.29, 0.717) is 47.9 Å². The molecule has 4 heterocycles. The minimum Gasteiger partial charge on any atom is -0.449 e. The van der Waals surface area contributed by atoms with Crippen LogP contribution in [0.15, 0.2) is 16.9 Å². The fourth-order valence-electron chi connectivity index (χ4n) is 6.00. The first-order valence-electron chi connectivity index (χ1n) is 13.3. The van der Waals surface area contributed by atoms with Crippen LogP contribution in [0, 0.1) is 23.0 Å². The zero-order valence-corrected chi connectivity index (χ0v) is 23.4. The SMILES string of the molecule is CCn1c(CC#N)nc2c(N3C[C@@H](C)N(C(C)c4ccc5c(c4F)OC(C)(C)O5)C[C@@H]3C)c(F)c(=O)n(C)c21. The lowest BCUT2D eigenvalue weighted by atomic mass is 9.99. The number of rotatable bonds is 5. The first-order chi connectivity index (χ1) is 18.4. The average molecular weight is 541 g/mol. The Hall–Kier alpha value is -3.65. The van der Waals surface area contributed by atoms with Crippen LogP contribution < -0.4 is 19.9 Å². The number of pyridine rings is 1. The maximum Gasteiger partial charge on any atom is 0.290 e. The molecule has 0 spiro atoms. The summed E-state index contributed by atoms with van der Waals surface area (Å²) in [5, 5.41) is 9.31. The van der Waals surface area contributed by atoms with Crippen molar-refractivity contribution >= 4 is 16.9 Å². The molecule has 11 heteroatoms. The van der Waals surface area contributed by atoms with Gasteiger partial charge in [-0.2, -0.15) is 9.65 Å². The second kappa shape index (κ2) is 9.52. The fourth-order valence-corrected chi connectivity index (χ4v) is 6.00. The molecule has 39 heavy (non-hydrogen) atoms. The predicted molar refractivity (Wildman–Crippen MR) is 143 cm³/mol. The number of fused-ring (bicyclic) bond motifs is 2. The number of benzene rings is 1. The monoisotopic (exact) mass is 540 g/mol. The molecule has 9 nitrogen and oxygen atoms in total. The van der Waals surface area contributed by atoms with Crippen molar-refractivity contribution in [3.8, 4) is 17.6 Å². The lowest BCUT2D eigenvalue weighted by Gasteiger charge is -2.47. The Balaban J connectivity index is 1.51. The molecular weight excluding hydrogens is 506 g/mol. The topological polar surface area (TPSA) is 88.6 Å². The van der Waals surface area contributed by atoms with E-state index in [1.165, 1.54) is 11.6 Å². The molecule has 0 radical (unpaired) electrons. The van der Waals surface area contributed by atoms with Gasteiger partial charge in [0.15, 0.2) is 11.6 Å². The van der Waals surface area contributed by atoms with Gasteiger partial charge in [0.2, 0.25) is 17.4 Å². The third kappa shape index (κ3) is 4.22. The number of hydrogen-bond acceptors (Lipinski definition) is 7. The molecule has 0 amide bonds. The Bertz CT molecular complexity index is 1560. The van der Waals surface area contributed by atoms with Crippen LogP contribution in [0.1, 0.15) is 59.0 Å². The van der Waals surface area contributed by atoms with Gasteiger partial charge in [0, 0.05) is 64.2 Å². The smallest absolute Gasteiger partial charge is 0.290 e. The van der Waals surface area contributed by atoms with E-state index in [1.54, 1.807) is 30.5 Å². The molecule has 2 aliphatic heterocycles. The highest BCUT2D eigenvalue weighted by Gasteiger charge is 2.39. The Kier molecular flexibility index (Phi) is 6.58. The number of imidazole rings is 1. The Morgan fingerprint density at radius 3 is 2.56 bits per heavy atom. The molecule has 2 aromatic heterocycles. The third-order valence-electron chi connectivity index (χ3n) is 7.88. The summed E-state index contributed by atoms with van der Waals surface area (Å²) in [7, 11) is 1.52. The highest BCUT2D eigenvalue weighted by molar-refractivity contribution is 5.88. The molecule has 0 aliphatic carbocycles. The van der Waals surface area contributed by atoms with Gasteiger partial charge in [-0.3, -0.25) is 14.3 Å². The number of aromatic nitrogens is 3. The van der Waals surface area contributed by atoms with Crippen molar-refractivity contribution in [1.29, 1.82) is 5.26 Å². The quantitative estimate of drug-likeness (QED) is 0.478. The van der Waals surface area contributed by atoms with Gasteiger partial charge in [0.1, 0.15) is 22.7 Å². The summed E-state index contributed by atoms with van der Waals surface area (Å²) in [6, 6.07) is 4.96. The molecule has 2 aliphatic rings. The van der Waals surface area contributed by atoms with Gasteiger partial charge in [-0.15, -0.1) is 0 Å². The van der Waals surface area contributed by atoms with Crippen LogP contribution in [0.2, 0.25) is 0 Å². The molecule has 3 aromatic rings. The lowest BCUT2D eigenvalue weighted by Crippen LogP contribution is -2.57. The number of hydrogen-bond donors (Lipinski definition) is 0. The van der Waals surface area contributed by atoms with Crippen LogP contribution in [0.25, 0.3) is 11.2 Å². The van der Waals surface area contributed by atoms with Crippen molar-refractivity contribution < 1.29 is 18.3 Å². The molecule has 0 N–H and O–H groups in total. The molecule has 0 bridgehead atoms. The zero-order valence-electron chi connectivity index (χ0n) is 23.4. The van der Waals surface area contributed by atoms with Crippen molar-refractivity contribution in [3.05, 3.63) is 45.5 Å². The standard InChI is InChI=1S/C28H34F2N6O3/c1-8-34-20(11-12-31)32-23-24(22(30)27(37)33(7)26(23)34)36-14-15(2)35(13-16(36)3)17(4)18-9-10-19-25(21(18)29)39-28(5,6)38-19/h9-10,15-17H,8,11,13-14H2,1-7H3/t15-,16+,17?/m1/s1. The normalized spacial score (nSPS) is 21.4. The highest BCUT2D eigenvalue weighted by Crippen LogP contribution is 2.44. The van der Waals surface area contributed by atoms with E-state index in [1.807, 2.05) is 32.6 Å². The molecule has 208 valence electrons. The molecule has 1 saturated heterocycles. The minimum atomic E-state index is -0.932. The van der Waals surface area contributed by atoms with E-state index < -0.39 is 23.0 Å². The van der Waals surface area contributed by atoms with Crippen LogP contribution in [0.4, 0.5) is 14.5 Å². The summed E-state index contributed by atoms with van der Waals surface area (Å²) in [5.41, 5.74) is 0.767. The van der Waals surface area contributed by atoms with E-state index in [2.05, 4.69) is 16.0 Å². The summed E-state index contributed by atoms with van der Waals surface area (Å²) < 4.78 is 45.7.